The van der Waals surface area contributed by atoms with Crippen LogP contribution in [0.1, 0.15) is 22.0 Å². The van der Waals surface area contributed by atoms with E-state index in [2.05, 4.69) is 10.4 Å². The summed E-state index contributed by atoms with van der Waals surface area (Å²) in [5.74, 6) is 1.25. The number of amides is 1. The molecule has 3 N–H and O–H groups in total. The molecule has 0 unspecified atom stereocenters. The summed E-state index contributed by atoms with van der Waals surface area (Å²) in [6, 6.07) is 3.67. The monoisotopic (exact) mass is 234 g/mol. The van der Waals surface area contributed by atoms with Gasteiger partial charge in [0.25, 0.3) is 5.91 Å². The molecule has 2 aromatic heterocycles. The summed E-state index contributed by atoms with van der Waals surface area (Å²) < 4.78 is 6.79. The molecule has 0 saturated heterocycles. The number of nitrogens with one attached hydrogen (secondary N) is 1. The molecule has 90 valence electrons. The molecule has 0 aromatic carbocycles. The van der Waals surface area contributed by atoms with Crippen LogP contribution in [0.25, 0.3) is 0 Å². The molecule has 6 nitrogen and oxygen atoms in total. The minimum Gasteiger partial charge on any atom is -0.465 e. The number of aryl methyl sites for hydroxylation is 2. The molecule has 0 spiro atoms. The highest BCUT2D eigenvalue weighted by Crippen LogP contribution is 2.10. The van der Waals surface area contributed by atoms with Crippen molar-refractivity contribution in [2.45, 2.75) is 13.5 Å². The lowest BCUT2D eigenvalue weighted by atomic mass is 10.3. The molecular formula is C11H14N4O2. The summed E-state index contributed by atoms with van der Waals surface area (Å²) in [4.78, 5) is 11.8. The Morgan fingerprint density at radius 1 is 1.59 bits per heavy atom. The van der Waals surface area contributed by atoms with E-state index in [4.69, 9.17) is 10.2 Å². The Bertz CT molecular complexity index is 522. The van der Waals surface area contributed by atoms with Crippen LogP contribution in [0.2, 0.25) is 0 Å². The highest BCUT2D eigenvalue weighted by atomic mass is 16.3. The van der Waals surface area contributed by atoms with Crippen LogP contribution in [0, 0.1) is 6.92 Å². The Morgan fingerprint density at radius 2 is 2.35 bits per heavy atom. The van der Waals surface area contributed by atoms with Gasteiger partial charge < -0.3 is 15.5 Å². The lowest BCUT2D eigenvalue weighted by Crippen LogP contribution is -2.25. The average molecular weight is 234 g/mol. The van der Waals surface area contributed by atoms with Gasteiger partial charge in [-0.2, -0.15) is 5.10 Å². The fourth-order valence-corrected chi connectivity index (χ4v) is 1.56. The van der Waals surface area contributed by atoms with E-state index in [0.29, 0.717) is 23.7 Å². The molecule has 6 heteroatoms. The molecule has 0 saturated carbocycles. The second-order valence-electron chi connectivity index (χ2n) is 3.77. The van der Waals surface area contributed by atoms with Gasteiger partial charge in [-0.05, 0) is 19.1 Å². The average Bonchev–Trinajstić information content (AvgIpc) is 2.83. The van der Waals surface area contributed by atoms with Crippen LogP contribution >= 0.6 is 0 Å². The van der Waals surface area contributed by atoms with Crippen molar-refractivity contribution in [2.24, 2.45) is 7.05 Å². The van der Waals surface area contributed by atoms with Crippen LogP contribution in [0.5, 0.6) is 0 Å². The zero-order valence-electron chi connectivity index (χ0n) is 9.73. The number of rotatable bonds is 3. The normalized spacial score (nSPS) is 10.5. The number of anilines is 1. The minimum absolute atomic E-state index is 0.267. The van der Waals surface area contributed by atoms with Crippen LogP contribution in [-0.2, 0) is 13.6 Å². The Kier molecular flexibility index (Phi) is 2.86. The second kappa shape index (κ2) is 4.32. The van der Waals surface area contributed by atoms with Crippen molar-refractivity contribution in [1.29, 1.82) is 0 Å². The van der Waals surface area contributed by atoms with E-state index in [1.54, 1.807) is 7.05 Å². The van der Waals surface area contributed by atoms with Gasteiger partial charge in [0.15, 0.2) is 0 Å². The predicted molar refractivity (Wildman–Crippen MR) is 62.2 cm³/mol. The first-order valence-corrected chi connectivity index (χ1v) is 5.19. The number of furan rings is 1. The van der Waals surface area contributed by atoms with Crippen molar-refractivity contribution in [3.63, 3.8) is 0 Å². The Labute approximate surface area is 98.4 Å². The third-order valence-electron chi connectivity index (χ3n) is 2.40. The number of nitrogens with zero attached hydrogens (tertiary/aromatic N) is 2. The topological polar surface area (TPSA) is 86.1 Å². The Morgan fingerprint density at radius 3 is 2.88 bits per heavy atom. The molecule has 2 rings (SSSR count). The van der Waals surface area contributed by atoms with Crippen molar-refractivity contribution >= 4 is 11.6 Å². The number of carbonyl (C=O) groups is 1. The lowest BCUT2D eigenvalue weighted by molar-refractivity contribution is 0.0939. The number of carbonyl (C=O) groups excluding carboxylic acids is 1. The quantitative estimate of drug-likeness (QED) is 0.823. The van der Waals surface area contributed by atoms with Gasteiger partial charge in [0.2, 0.25) is 0 Å². The molecule has 2 aromatic rings. The third kappa shape index (κ3) is 2.30. The first-order chi connectivity index (χ1) is 8.08. The van der Waals surface area contributed by atoms with Gasteiger partial charge >= 0.3 is 0 Å². The first kappa shape index (κ1) is 11.3. The molecule has 1 amide bonds. The molecule has 0 fully saturated rings. The van der Waals surface area contributed by atoms with Crippen molar-refractivity contribution < 1.29 is 9.21 Å². The number of hydrogen-bond donors (Lipinski definition) is 2. The van der Waals surface area contributed by atoms with Crippen LogP contribution in [0.15, 0.2) is 22.7 Å². The van der Waals surface area contributed by atoms with E-state index in [1.807, 2.05) is 19.1 Å². The maximum atomic E-state index is 11.8. The highest BCUT2D eigenvalue weighted by Gasteiger charge is 2.14. The summed E-state index contributed by atoms with van der Waals surface area (Å²) in [6.07, 6.45) is 1.45. The molecule has 0 radical (unpaired) electrons. The number of aromatic nitrogens is 2. The van der Waals surface area contributed by atoms with Crippen molar-refractivity contribution in [3.05, 3.63) is 35.5 Å². The van der Waals surface area contributed by atoms with E-state index in [0.717, 1.165) is 5.76 Å². The minimum atomic E-state index is -0.267. The molecule has 0 aliphatic rings. The van der Waals surface area contributed by atoms with E-state index < -0.39 is 0 Å². The SMILES string of the molecule is Cc1ccc(CNC(=O)c2c(N)cnn2C)o1. The Hall–Kier alpha value is -2.24. The maximum absolute atomic E-state index is 11.8. The van der Waals surface area contributed by atoms with Crippen molar-refractivity contribution in [1.82, 2.24) is 15.1 Å². The number of nitrogens with two attached hydrogens (primary N) is 1. The summed E-state index contributed by atoms with van der Waals surface area (Å²) >= 11 is 0. The van der Waals surface area contributed by atoms with Crippen LogP contribution in [0.4, 0.5) is 5.69 Å². The molecule has 0 atom stereocenters. The molecule has 2 heterocycles. The van der Waals surface area contributed by atoms with E-state index >= 15 is 0 Å². The maximum Gasteiger partial charge on any atom is 0.272 e. The molecular weight excluding hydrogens is 220 g/mol. The highest BCUT2D eigenvalue weighted by molar-refractivity contribution is 5.97. The van der Waals surface area contributed by atoms with Crippen molar-refractivity contribution in [2.75, 3.05) is 5.73 Å². The molecule has 0 bridgehead atoms. The van der Waals surface area contributed by atoms with Crippen LogP contribution < -0.4 is 11.1 Å². The summed E-state index contributed by atoms with van der Waals surface area (Å²) in [5.41, 5.74) is 6.36. The van der Waals surface area contributed by atoms with Crippen LogP contribution in [0.3, 0.4) is 0 Å². The van der Waals surface area contributed by atoms with Crippen LogP contribution in [-0.4, -0.2) is 15.7 Å². The van der Waals surface area contributed by atoms with Gasteiger partial charge in [0.05, 0.1) is 18.4 Å². The summed E-state index contributed by atoms with van der Waals surface area (Å²) in [6.45, 7) is 2.18. The van der Waals surface area contributed by atoms with Gasteiger partial charge in [-0.15, -0.1) is 0 Å². The largest absolute Gasteiger partial charge is 0.465 e. The number of hydrogen-bond acceptors (Lipinski definition) is 4. The number of nitrogen functional groups attached to an aromatic ring is 1. The van der Waals surface area contributed by atoms with E-state index in [-0.39, 0.29) is 5.91 Å². The molecule has 17 heavy (non-hydrogen) atoms. The third-order valence-corrected chi connectivity index (χ3v) is 2.40. The standard InChI is InChI=1S/C11H14N4O2/c1-7-3-4-8(17-7)5-13-11(16)10-9(12)6-14-15(10)2/h3-4,6H,5,12H2,1-2H3,(H,13,16). The van der Waals surface area contributed by atoms with Crippen molar-refractivity contribution in [3.8, 4) is 0 Å². The first-order valence-electron chi connectivity index (χ1n) is 5.19. The fourth-order valence-electron chi connectivity index (χ4n) is 1.56. The predicted octanol–water partition coefficient (Wildman–Crippen LogP) is 0.834. The second-order valence-corrected chi connectivity index (χ2v) is 3.77. The summed E-state index contributed by atoms with van der Waals surface area (Å²) in [5, 5.41) is 6.63. The van der Waals surface area contributed by atoms with Gasteiger partial charge in [0, 0.05) is 7.05 Å². The van der Waals surface area contributed by atoms with E-state index in [1.165, 1.54) is 10.9 Å². The summed E-state index contributed by atoms with van der Waals surface area (Å²) in [7, 11) is 1.67. The van der Waals surface area contributed by atoms with Gasteiger partial charge in [-0.3, -0.25) is 9.48 Å². The lowest BCUT2D eigenvalue weighted by Gasteiger charge is -2.04. The Balaban J connectivity index is 2.03. The zero-order chi connectivity index (χ0) is 12.4. The molecule has 0 aliphatic carbocycles. The molecule has 0 aliphatic heterocycles. The van der Waals surface area contributed by atoms with Gasteiger partial charge in [-0.25, -0.2) is 0 Å². The smallest absolute Gasteiger partial charge is 0.272 e. The van der Waals surface area contributed by atoms with Gasteiger partial charge in [-0.1, -0.05) is 0 Å². The fraction of sp³-hybridized carbons (Fsp3) is 0.273. The van der Waals surface area contributed by atoms with Gasteiger partial charge in [0.1, 0.15) is 17.2 Å². The zero-order valence-corrected chi connectivity index (χ0v) is 9.73. The van der Waals surface area contributed by atoms with E-state index in [9.17, 15) is 4.79 Å².